The molecule has 2 unspecified atom stereocenters. The Bertz CT molecular complexity index is 1300. The summed E-state index contributed by atoms with van der Waals surface area (Å²) in [6.45, 7) is 4.49. The number of rotatable bonds is 9. The zero-order chi connectivity index (χ0) is 28.3. The molecule has 0 aliphatic heterocycles. The van der Waals surface area contributed by atoms with Crippen molar-refractivity contribution in [3.8, 4) is 5.75 Å². The molecule has 2 atom stereocenters. The fourth-order valence-corrected chi connectivity index (χ4v) is 4.00. The van der Waals surface area contributed by atoms with E-state index in [4.69, 9.17) is 4.74 Å². The van der Waals surface area contributed by atoms with Crippen LogP contribution >= 0.6 is 12.4 Å². The van der Waals surface area contributed by atoms with E-state index in [-0.39, 0.29) is 36.0 Å². The molecule has 3 aromatic rings. The van der Waals surface area contributed by atoms with Crippen molar-refractivity contribution >= 4 is 24.0 Å². The predicted molar refractivity (Wildman–Crippen MR) is 154 cm³/mol. The molecule has 0 radical (unpaired) electrons. The maximum Gasteiger partial charge on any atom is 0.416 e. The average Bonchev–Trinajstić information content (AvgIpc) is 2.94. The van der Waals surface area contributed by atoms with E-state index < -0.39 is 11.7 Å². The van der Waals surface area contributed by atoms with Crippen molar-refractivity contribution in [2.45, 2.75) is 24.6 Å². The minimum atomic E-state index is -4.33. The maximum absolute atomic E-state index is 12.6. The zero-order valence-corrected chi connectivity index (χ0v) is 22.8. The number of hydrogen-bond acceptors (Lipinski definition) is 4. The lowest BCUT2D eigenvalue weighted by Crippen LogP contribution is -2.16. The number of carbonyl (C=O) groups excluding carboxylic acids is 2. The monoisotopic (exact) mass is 569 g/mol. The van der Waals surface area contributed by atoms with Crippen molar-refractivity contribution in [1.82, 2.24) is 5.32 Å². The first-order valence-electron chi connectivity index (χ1n) is 12.4. The summed E-state index contributed by atoms with van der Waals surface area (Å²) in [7, 11) is 1.85. The van der Waals surface area contributed by atoms with Crippen molar-refractivity contribution in [2.24, 2.45) is 0 Å². The molecule has 1 aliphatic rings. The molecule has 0 amide bonds. The second kappa shape index (κ2) is 15.6. The largest absolute Gasteiger partial charge is 0.486 e. The third-order valence-corrected chi connectivity index (χ3v) is 6.00. The molecular formula is C32H31ClF3NO3. The van der Waals surface area contributed by atoms with Crippen LogP contribution in [-0.2, 0) is 15.8 Å². The van der Waals surface area contributed by atoms with E-state index in [0.717, 1.165) is 36.2 Å². The molecule has 0 bridgehead atoms. The lowest BCUT2D eigenvalue weighted by molar-refractivity contribution is -0.137. The fraction of sp³-hybridized carbons (Fsp3) is 0.188. The highest BCUT2D eigenvalue weighted by Gasteiger charge is 2.30. The van der Waals surface area contributed by atoms with Crippen LogP contribution in [0.1, 0.15) is 35.1 Å². The number of ketones is 2. The standard InChI is InChI=1S/C17H18F3NO.C15H12O2.ClH/c1-21-12-11-16(13-5-3-2-4-6-13)22-15-9-7-14(8-10-15)17(18,19)20;1-2-13(11-6-4-3-5-7-11)14-10-12(16)8-9-15(14)17;/h2-10,16,21H,11-12H2,1H3;2-10,13H,1H2;1H. The third kappa shape index (κ3) is 9.36. The van der Waals surface area contributed by atoms with Gasteiger partial charge in [-0.2, -0.15) is 13.2 Å². The smallest absolute Gasteiger partial charge is 0.416 e. The molecule has 0 spiro atoms. The van der Waals surface area contributed by atoms with Gasteiger partial charge in [0.25, 0.3) is 0 Å². The Kier molecular flexibility index (Phi) is 12.6. The van der Waals surface area contributed by atoms with Crippen LogP contribution in [-0.4, -0.2) is 25.2 Å². The Hall–Kier alpha value is -3.94. The van der Waals surface area contributed by atoms with Gasteiger partial charge in [0.05, 0.1) is 5.56 Å². The van der Waals surface area contributed by atoms with E-state index in [9.17, 15) is 22.8 Å². The van der Waals surface area contributed by atoms with Gasteiger partial charge in [-0.25, -0.2) is 0 Å². The van der Waals surface area contributed by atoms with Gasteiger partial charge < -0.3 is 10.1 Å². The summed E-state index contributed by atoms with van der Waals surface area (Å²) in [5.41, 5.74) is 1.77. The number of halogens is 4. The van der Waals surface area contributed by atoms with E-state index in [1.54, 1.807) is 6.08 Å². The maximum atomic E-state index is 12.6. The zero-order valence-electron chi connectivity index (χ0n) is 21.9. The number of benzene rings is 3. The first-order chi connectivity index (χ1) is 18.7. The number of allylic oxidation sites excluding steroid dienone is 5. The van der Waals surface area contributed by atoms with Crippen LogP contribution in [0.2, 0.25) is 0 Å². The van der Waals surface area contributed by atoms with Crippen molar-refractivity contribution in [2.75, 3.05) is 13.6 Å². The Morgan fingerprint density at radius 2 is 1.45 bits per heavy atom. The van der Waals surface area contributed by atoms with E-state index in [0.29, 0.717) is 11.3 Å². The normalized spacial score (nSPS) is 14.2. The molecule has 0 fully saturated rings. The van der Waals surface area contributed by atoms with Crippen molar-refractivity contribution in [3.05, 3.63) is 138 Å². The van der Waals surface area contributed by atoms with E-state index >= 15 is 0 Å². The number of alkyl halides is 3. The molecule has 1 N–H and O–H groups in total. The quantitative estimate of drug-likeness (QED) is 0.215. The minimum Gasteiger partial charge on any atom is -0.486 e. The molecular weight excluding hydrogens is 539 g/mol. The lowest BCUT2D eigenvalue weighted by Gasteiger charge is -2.20. The van der Waals surface area contributed by atoms with Gasteiger partial charge in [0, 0.05) is 17.9 Å². The summed E-state index contributed by atoms with van der Waals surface area (Å²) in [5.74, 6) is -0.0729. The highest BCUT2D eigenvalue weighted by molar-refractivity contribution is 6.18. The summed E-state index contributed by atoms with van der Waals surface area (Å²) in [4.78, 5) is 23.1. The number of carbonyl (C=O) groups is 2. The summed E-state index contributed by atoms with van der Waals surface area (Å²) >= 11 is 0. The molecule has 8 heteroatoms. The fourth-order valence-electron chi connectivity index (χ4n) is 4.00. The molecule has 210 valence electrons. The van der Waals surface area contributed by atoms with Crippen LogP contribution in [0.25, 0.3) is 0 Å². The van der Waals surface area contributed by atoms with Gasteiger partial charge in [-0.1, -0.05) is 66.7 Å². The molecule has 0 heterocycles. The SMILES string of the molecule is C=CC(C1=CC(=O)C=CC1=O)c1ccccc1.CNCCC(Oc1ccc(C(F)(F)F)cc1)c1ccccc1.Cl. The topological polar surface area (TPSA) is 55.4 Å². The average molecular weight is 570 g/mol. The first-order valence-corrected chi connectivity index (χ1v) is 12.4. The number of nitrogens with one attached hydrogen (secondary N) is 1. The van der Waals surface area contributed by atoms with E-state index in [2.05, 4.69) is 11.9 Å². The summed E-state index contributed by atoms with van der Waals surface area (Å²) in [5, 5.41) is 3.05. The van der Waals surface area contributed by atoms with Crippen LogP contribution in [0.15, 0.2) is 121 Å². The van der Waals surface area contributed by atoms with Gasteiger partial charge in [-0.15, -0.1) is 19.0 Å². The lowest BCUT2D eigenvalue weighted by atomic mass is 9.86. The van der Waals surface area contributed by atoms with Crippen molar-refractivity contribution < 1.29 is 27.5 Å². The molecule has 0 saturated carbocycles. The van der Waals surface area contributed by atoms with Crippen LogP contribution in [0, 0.1) is 0 Å². The number of hydrogen-bond donors (Lipinski definition) is 1. The molecule has 0 saturated heterocycles. The Labute approximate surface area is 238 Å². The van der Waals surface area contributed by atoms with Gasteiger partial charge in [-0.3, -0.25) is 9.59 Å². The molecule has 4 rings (SSSR count). The highest BCUT2D eigenvalue weighted by Crippen LogP contribution is 2.32. The van der Waals surface area contributed by atoms with Crippen LogP contribution < -0.4 is 10.1 Å². The van der Waals surface area contributed by atoms with Gasteiger partial charge in [0.15, 0.2) is 11.6 Å². The molecule has 1 aliphatic carbocycles. The first kappa shape index (κ1) is 32.3. The van der Waals surface area contributed by atoms with Gasteiger partial charge >= 0.3 is 6.18 Å². The van der Waals surface area contributed by atoms with Crippen molar-refractivity contribution in [1.29, 1.82) is 0 Å². The molecule has 40 heavy (non-hydrogen) atoms. The number of ether oxygens (including phenoxy) is 1. The molecule has 0 aromatic heterocycles. The van der Waals surface area contributed by atoms with E-state index in [1.165, 1.54) is 30.4 Å². The van der Waals surface area contributed by atoms with E-state index in [1.807, 2.05) is 67.7 Å². The van der Waals surface area contributed by atoms with Crippen LogP contribution in [0.3, 0.4) is 0 Å². The van der Waals surface area contributed by atoms with Gasteiger partial charge in [-0.05, 0) is 67.2 Å². The second-order valence-corrected chi connectivity index (χ2v) is 8.76. The third-order valence-electron chi connectivity index (χ3n) is 6.00. The van der Waals surface area contributed by atoms with Crippen LogP contribution in [0.4, 0.5) is 13.2 Å². The highest BCUT2D eigenvalue weighted by atomic mass is 35.5. The summed E-state index contributed by atoms with van der Waals surface area (Å²) in [6, 6.07) is 24.0. The Balaban J connectivity index is 0.000000282. The molecule has 4 nitrogen and oxygen atoms in total. The second-order valence-electron chi connectivity index (χ2n) is 8.76. The minimum absolute atomic E-state index is 0. The Morgan fingerprint density at radius 1 is 0.875 bits per heavy atom. The molecule has 3 aromatic carbocycles. The predicted octanol–water partition coefficient (Wildman–Crippen LogP) is 7.45. The summed E-state index contributed by atoms with van der Waals surface area (Å²) in [6.07, 6.45) is 1.87. The van der Waals surface area contributed by atoms with Gasteiger partial charge in [0.1, 0.15) is 11.9 Å². The van der Waals surface area contributed by atoms with Crippen LogP contribution in [0.5, 0.6) is 5.75 Å². The van der Waals surface area contributed by atoms with Crippen molar-refractivity contribution in [3.63, 3.8) is 0 Å². The van der Waals surface area contributed by atoms with Gasteiger partial charge in [0.2, 0.25) is 0 Å². The summed E-state index contributed by atoms with van der Waals surface area (Å²) < 4.78 is 43.6. The Morgan fingerprint density at radius 3 is 1.98 bits per heavy atom.